The summed E-state index contributed by atoms with van der Waals surface area (Å²) in [4.78, 5) is 0. The third-order valence-corrected chi connectivity index (χ3v) is 3.95. The molecule has 2 unspecified atom stereocenters. The van der Waals surface area contributed by atoms with E-state index >= 15 is 0 Å². The van der Waals surface area contributed by atoms with E-state index < -0.39 is 0 Å². The van der Waals surface area contributed by atoms with Gasteiger partial charge in [0.05, 0.1) is 6.10 Å². The minimum absolute atomic E-state index is 0.279. The fraction of sp³-hybridized carbons (Fsp3) is 0.625. The molecular formula is C16H24O2. The maximum Gasteiger partial charge on any atom is 0.0576 e. The van der Waals surface area contributed by atoms with Crippen molar-refractivity contribution < 1.29 is 9.84 Å². The summed E-state index contributed by atoms with van der Waals surface area (Å²) < 4.78 is 5.64. The van der Waals surface area contributed by atoms with Gasteiger partial charge in [-0.25, -0.2) is 0 Å². The van der Waals surface area contributed by atoms with Crippen molar-refractivity contribution in [1.29, 1.82) is 0 Å². The Morgan fingerprint density at radius 1 is 1.39 bits per heavy atom. The number of aliphatic hydroxyl groups is 1. The zero-order valence-electron chi connectivity index (χ0n) is 11.3. The highest BCUT2D eigenvalue weighted by molar-refractivity contribution is 5.25. The van der Waals surface area contributed by atoms with Gasteiger partial charge in [0.25, 0.3) is 0 Å². The number of benzene rings is 1. The summed E-state index contributed by atoms with van der Waals surface area (Å²) in [7, 11) is 0. The summed E-state index contributed by atoms with van der Waals surface area (Å²) in [5.41, 5.74) is 2.69. The number of rotatable bonds is 6. The molecule has 0 radical (unpaired) electrons. The minimum atomic E-state index is 0.279. The second kappa shape index (κ2) is 6.91. The third-order valence-electron chi connectivity index (χ3n) is 3.95. The lowest BCUT2D eigenvalue weighted by atomic mass is 9.92. The standard InChI is InChI=1S/C16H24O2/c1-13-5-2-3-6-15(13)11-14(12-17)8-9-16-7-4-10-18-16/h2-3,5-6,14,16-17H,4,7-12H2,1H3. The molecule has 2 nitrogen and oxygen atoms in total. The van der Waals surface area contributed by atoms with Crippen LogP contribution < -0.4 is 0 Å². The Labute approximate surface area is 110 Å². The average molecular weight is 248 g/mol. The van der Waals surface area contributed by atoms with E-state index in [-0.39, 0.29) is 6.61 Å². The first-order valence-corrected chi connectivity index (χ1v) is 7.06. The maximum atomic E-state index is 9.51. The largest absolute Gasteiger partial charge is 0.396 e. The fourth-order valence-electron chi connectivity index (χ4n) is 2.70. The van der Waals surface area contributed by atoms with Gasteiger partial charge in [0, 0.05) is 13.2 Å². The molecule has 1 aliphatic rings. The van der Waals surface area contributed by atoms with Gasteiger partial charge in [-0.15, -0.1) is 0 Å². The van der Waals surface area contributed by atoms with E-state index in [4.69, 9.17) is 4.74 Å². The van der Waals surface area contributed by atoms with Crippen molar-refractivity contribution in [2.24, 2.45) is 5.92 Å². The molecule has 1 aliphatic heterocycles. The average Bonchev–Trinajstić information content (AvgIpc) is 2.90. The molecule has 1 N–H and O–H groups in total. The van der Waals surface area contributed by atoms with Gasteiger partial charge in [-0.3, -0.25) is 0 Å². The number of aryl methyl sites for hydroxylation is 1. The molecule has 0 spiro atoms. The van der Waals surface area contributed by atoms with Crippen LogP contribution in [0, 0.1) is 12.8 Å². The van der Waals surface area contributed by atoms with Crippen LogP contribution >= 0.6 is 0 Å². The van der Waals surface area contributed by atoms with Gasteiger partial charge >= 0.3 is 0 Å². The Balaban J connectivity index is 1.83. The van der Waals surface area contributed by atoms with E-state index in [2.05, 4.69) is 31.2 Å². The lowest BCUT2D eigenvalue weighted by molar-refractivity contribution is 0.0932. The second-order valence-corrected chi connectivity index (χ2v) is 5.39. The van der Waals surface area contributed by atoms with Crippen molar-refractivity contribution in [3.63, 3.8) is 0 Å². The molecule has 2 rings (SSSR count). The summed E-state index contributed by atoms with van der Waals surface area (Å²) >= 11 is 0. The van der Waals surface area contributed by atoms with E-state index in [0.717, 1.165) is 25.9 Å². The van der Waals surface area contributed by atoms with Crippen LogP contribution in [-0.2, 0) is 11.2 Å². The van der Waals surface area contributed by atoms with Crippen molar-refractivity contribution in [2.75, 3.05) is 13.2 Å². The topological polar surface area (TPSA) is 29.5 Å². The van der Waals surface area contributed by atoms with E-state index in [1.807, 2.05) is 0 Å². The van der Waals surface area contributed by atoms with Crippen LogP contribution in [0.15, 0.2) is 24.3 Å². The van der Waals surface area contributed by atoms with Gasteiger partial charge in [-0.05, 0) is 56.1 Å². The molecule has 0 amide bonds. The highest BCUT2D eigenvalue weighted by atomic mass is 16.5. The molecule has 2 atom stereocenters. The van der Waals surface area contributed by atoms with E-state index in [9.17, 15) is 5.11 Å². The normalized spacial score (nSPS) is 21.1. The molecule has 0 aromatic heterocycles. The molecule has 1 heterocycles. The Morgan fingerprint density at radius 2 is 2.22 bits per heavy atom. The van der Waals surface area contributed by atoms with Gasteiger partial charge in [0.1, 0.15) is 0 Å². The molecule has 1 saturated heterocycles. The van der Waals surface area contributed by atoms with Gasteiger partial charge < -0.3 is 9.84 Å². The Kier molecular flexibility index (Phi) is 5.21. The molecule has 1 aromatic carbocycles. The Morgan fingerprint density at radius 3 is 2.89 bits per heavy atom. The van der Waals surface area contributed by atoms with Crippen LogP contribution in [0.1, 0.15) is 36.8 Å². The zero-order chi connectivity index (χ0) is 12.8. The first-order valence-electron chi connectivity index (χ1n) is 7.06. The molecule has 1 fully saturated rings. The third kappa shape index (κ3) is 3.82. The Bertz CT molecular complexity index is 356. The molecule has 18 heavy (non-hydrogen) atoms. The first-order chi connectivity index (χ1) is 8.79. The Hall–Kier alpha value is -0.860. The quantitative estimate of drug-likeness (QED) is 0.838. The van der Waals surface area contributed by atoms with Crippen molar-refractivity contribution in [3.05, 3.63) is 35.4 Å². The fourth-order valence-corrected chi connectivity index (χ4v) is 2.70. The highest BCUT2D eigenvalue weighted by Gasteiger charge is 2.18. The second-order valence-electron chi connectivity index (χ2n) is 5.39. The molecule has 100 valence electrons. The summed E-state index contributed by atoms with van der Waals surface area (Å²) in [6.07, 6.45) is 5.98. The van der Waals surface area contributed by atoms with Crippen LogP contribution in [0.25, 0.3) is 0 Å². The highest BCUT2D eigenvalue weighted by Crippen LogP contribution is 2.22. The minimum Gasteiger partial charge on any atom is -0.396 e. The van der Waals surface area contributed by atoms with Gasteiger partial charge in [-0.2, -0.15) is 0 Å². The smallest absolute Gasteiger partial charge is 0.0576 e. The van der Waals surface area contributed by atoms with Crippen molar-refractivity contribution in [1.82, 2.24) is 0 Å². The number of hydrogen-bond donors (Lipinski definition) is 1. The van der Waals surface area contributed by atoms with Crippen molar-refractivity contribution in [3.8, 4) is 0 Å². The predicted molar refractivity (Wildman–Crippen MR) is 73.7 cm³/mol. The molecule has 0 saturated carbocycles. The summed E-state index contributed by atoms with van der Waals surface area (Å²) in [5.74, 6) is 0.371. The SMILES string of the molecule is Cc1ccccc1CC(CO)CCC1CCCO1. The zero-order valence-corrected chi connectivity index (χ0v) is 11.3. The van der Waals surface area contributed by atoms with Crippen LogP contribution in [0.4, 0.5) is 0 Å². The maximum absolute atomic E-state index is 9.51. The van der Waals surface area contributed by atoms with Crippen molar-refractivity contribution >= 4 is 0 Å². The van der Waals surface area contributed by atoms with E-state index in [1.165, 1.54) is 24.0 Å². The van der Waals surface area contributed by atoms with Crippen LogP contribution in [0.5, 0.6) is 0 Å². The number of aliphatic hydroxyl groups excluding tert-OH is 1. The number of ether oxygens (including phenoxy) is 1. The number of hydrogen-bond acceptors (Lipinski definition) is 2. The molecule has 2 heteroatoms. The lowest BCUT2D eigenvalue weighted by Crippen LogP contribution is -2.14. The summed E-state index contributed by atoms with van der Waals surface area (Å²) in [5, 5.41) is 9.51. The summed E-state index contributed by atoms with van der Waals surface area (Å²) in [6, 6.07) is 8.46. The van der Waals surface area contributed by atoms with Crippen molar-refractivity contribution in [2.45, 2.75) is 45.1 Å². The summed E-state index contributed by atoms with van der Waals surface area (Å²) in [6.45, 7) is 3.34. The molecule has 0 aliphatic carbocycles. The lowest BCUT2D eigenvalue weighted by Gasteiger charge is -2.17. The molecular weight excluding hydrogens is 224 g/mol. The first kappa shape index (κ1) is 13.6. The molecule has 0 bridgehead atoms. The van der Waals surface area contributed by atoms with E-state index in [1.54, 1.807) is 0 Å². The van der Waals surface area contributed by atoms with Crippen LogP contribution in [-0.4, -0.2) is 24.4 Å². The van der Waals surface area contributed by atoms with Crippen LogP contribution in [0.3, 0.4) is 0 Å². The monoisotopic (exact) mass is 248 g/mol. The molecule has 1 aromatic rings. The predicted octanol–water partition coefficient (Wildman–Crippen LogP) is 3.11. The van der Waals surface area contributed by atoms with Gasteiger partial charge in [-0.1, -0.05) is 24.3 Å². The van der Waals surface area contributed by atoms with Crippen LogP contribution in [0.2, 0.25) is 0 Å². The van der Waals surface area contributed by atoms with Gasteiger partial charge in [0.15, 0.2) is 0 Å². The van der Waals surface area contributed by atoms with E-state index in [0.29, 0.717) is 12.0 Å². The van der Waals surface area contributed by atoms with Gasteiger partial charge in [0.2, 0.25) is 0 Å².